The molecule has 106 valence electrons. The molecule has 2 rings (SSSR count). The van der Waals surface area contributed by atoms with Crippen molar-refractivity contribution in [2.45, 2.75) is 46.1 Å². The zero-order valence-corrected chi connectivity index (χ0v) is 12.9. The third kappa shape index (κ3) is 3.58. The van der Waals surface area contributed by atoms with E-state index in [1.165, 1.54) is 41.6 Å². The maximum Gasteiger partial charge on any atom is 0.00450 e. The van der Waals surface area contributed by atoms with Crippen LogP contribution in [0.5, 0.6) is 0 Å². The van der Waals surface area contributed by atoms with Gasteiger partial charge in [0.2, 0.25) is 0 Å². The van der Waals surface area contributed by atoms with Crippen LogP contribution < -0.4 is 5.73 Å². The van der Waals surface area contributed by atoms with E-state index in [4.69, 9.17) is 5.73 Å². The second-order valence-corrected chi connectivity index (χ2v) is 6.40. The van der Waals surface area contributed by atoms with Gasteiger partial charge < -0.3 is 10.6 Å². The average Bonchev–Trinajstić information content (AvgIpc) is 2.33. The standard InChI is InChI=1S/C17H28N2/c1-12-5-6-16(14(3)13(12)2)7-8-19(4)11-15-9-17(18)10-15/h5-6,15,17H,7-11,18H2,1-4H3. The summed E-state index contributed by atoms with van der Waals surface area (Å²) in [7, 11) is 2.24. The second kappa shape index (κ2) is 6.06. The highest BCUT2D eigenvalue weighted by Crippen LogP contribution is 2.26. The molecule has 0 aliphatic heterocycles. The van der Waals surface area contributed by atoms with E-state index in [-0.39, 0.29) is 0 Å². The summed E-state index contributed by atoms with van der Waals surface area (Å²) in [5.74, 6) is 0.834. The number of rotatable bonds is 5. The minimum atomic E-state index is 0.473. The molecule has 1 aromatic rings. The maximum atomic E-state index is 5.84. The summed E-state index contributed by atoms with van der Waals surface area (Å²) in [4.78, 5) is 2.46. The third-order valence-corrected chi connectivity index (χ3v) is 4.78. The molecule has 0 bridgehead atoms. The third-order valence-electron chi connectivity index (χ3n) is 4.78. The van der Waals surface area contributed by atoms with Gasteiger partial charge in [-0.15, -0.1) is 0 Å². The number of aryl methyl sites for hydroxylation is 1. The van der Waals surface area contributed by atoms with Gasteiger partial charge in [-0.3, -0.25) is 0 Å². The van der Waals surface area contributed by atoms with Crippen LogP contribution >= 0.6 is 0 Å². The first-order valence-electron chi connectivity index (χ1n) is 7.47. The molecule has 0 atom stereocenters. The molecule has 0 radical (unpaired) electrons. The Morgan fingerprint density at radius 1 is 1.16 bits per heavy atom. The van der Waals surface area contributed by atoms with Gasteiger partial charge in [0, 0.05) is 19.1 Å². The summed E-state index contributed by atoms with van der Waals surface area (Å²) in [5.41, 5.74) is 11.7. The van der Waals surface area contributed by atoms with Crippen LogP contribution in [0.4, 0.5) is 0 Å². The van der Waals surface area contributed by atoms with Crippen LogP contribution in [0.25, 0.3) is 0 Å². The Morgan fingerprint density at radius 3 is 2.47 bits per heavy atom. The van der Waals surface area contributed by atoms with Gasteiger partial charge in [-0.25, -0.2) is 0 Å². The van der Waals surface area contributed by atoms with Crippen molar-refractivity contribution in [1.82, 2.24) is 4.90 Å². The van der Waals surface area contributed by atoms with E-state index in [0.29, 0.717) is 6.04 Å². The molecule has 0 aromatic heterocycles. The normalized spacial score (nSPS) is 22.6. The molecule has 0 unspecified atom stereocenters. The minimum absolute atomic E-state index is 0.473. The largest absolute Gasteiger partial charge is 0.328 e. The average molecular weight is 260 g/mol. The number of likely N-dealkylation sites (N-methyl/N-ethyl adjacent to an activating group) is 1. The molecular formula is C17H28N2. The predicted octanol–water partition coefficient (Wildman–Crippen LogP) is 2.82. The van der Waals surface area contributed by atoms with Gasteiger partial charge in [0.15, 0.2) is 0 Å². The summed E-state index contributed by atoms with van der Waals surface area (Å²) in [6.07, 6.45) is 3.59. The summed E-state index contributed by atoms with van der Waals surface area (Å²) in [5, 5.41) is 0. The first-order valence-corrected chi connectivity index (χ1v) is 7.47. The fourth-order valence-electron chi connectivity index (χ4n) is 3.06. The van der Waals surface area contributed by atoms with Crippen LogP contribution in [-0.2, 0) is 6.42 Å². The first-order chi connectivity index (χ1) is 8.97. The van der Waals surface area contributed by atoms with E-state index in [2.05, 4.69) is 44.9 Å². The molecule has 2 nitrogen and oxygen atoms in total. The Balaban J connectivity index is 1.83. The molecule has 2 N–H and O–H groups in total. The lowest BCUT2D eigenvalue weighted by molar-refractivity contribution is 0.183. The van der Waals surface area contributed by atoms with Gasteiger partial charge in [-0.05, 0) is 75.3 Å². The zero-order chi connectivity index (χ0) is 14.0. The highest BCUT2D eigenvalue weighted by molar-refractivity contribution is 5.38. The van der Waals surface area contributed by atoms with Crippen LogP contribution in [0.1, 0.15) is 35.1 Å². The Bertz CT molecular complexity index is 433. The Morgan fingerprint density at radius 2 is 1.84 bits per heavy atom. The summed E-state index contributed by atoms with van der Waals surface area (Å²) < 4.78 is 0. The van der Waals surface area contributed by atoms with Crippen LogP contribution in [-0.4, -0.2) is 31.1 Å². The van der Waals surface area contributed by atoms with Crippen molar-refractivity contribution in [3.63, 3.8) is 0 Å². The molecule has 2 heteroatoms. The molecule has 0 heterocycles. The lowest BCUT2D eigenvalue weighted by atomic mass is 9.80. The summed E-state index contributed by atoms with van der Waals surface area (Å²) in [6.45, 7) is 9.03. The molecular weight excluding hydrogens is 232 g/mol. The smallest absolute Gasteiger partial charge is 0.00450 e. The van der Waals surface area contributed by atoms with Gasteiger partial charge in [-0.2, -0.15) is 0 Å². The highest BCUT2D eigenvalue weighted by atomic mass is 15.1. The number of nitrogens with zero attached hydrogens (tertiary/aromatic N) is 1. The molecule has 1 fully saturated rings. The van der Waals surface area contributed by atoms with E-state index in [0.717, 1.165) is 18.9 Å². The molecule has 19 heavy (non-hydrogen) atoms. The van der Waals surface area contributed by atoms with E-state index in [9.17, 15) is 0 Å². The van der Waals surface area contributed by atoms with Crippen molar-refractivity contribution in [3.8, 4) is 0 Å². The van der Waals surface area contributed by atoms with Gasteiger partial charge in [0.05, 0.1) is 0 Å². The molecule has 0 amide bonds. The molecule has 1 saturated carbocycles. The highest BCUT2D eigenvalue weighted by Gasteiger charge is 2.26. The van der Waals surface area contributed by atoms with Crippen molar-refractivity contribution < 1.29 is 0 Å². The molecule has 0 spiro atoms. The predicted molar refractivity (Wildman–Crippen MR) is 82.6 cm³/mol. The van der Waals surface area contributed by atoms with E-state index in [1.54, 1.807) is 0 Å². The summed E-state index contributed by atoms with van der Waals surface area (Å²) >= 11 is 0. The molecule has 1 aliphatic carbocycles. The number of nitrogens with two attached hydrogens (primary N) is 1. The second-order valence-electron chi connectivity index (χ2n) is 6.40. The van der Waals surface area contributed by atoms with Crippen LogP contribution in [0.3, 0.4) is 0 Å². The first kappa shape index (κ1) is 14.5. The van der Waals surface area contributed by atoms with Gasteiger partial charge in [0.25, 0.3) is 0 Å². The number of hydrogen-bond acceptors (Lipinski definition) is 2. The van der Waals surface area contributed by atoms with E-state index in [1.807, 2.05) is 0 Å². The molecule has 1 aliphatic rings. The van der Waals surface area contributed by atoms with Crippen LogP contribution in [0, 0.1) is 26.7 Å². The minimum Gasteiger partial charge on any atom is -0.328 e. The fraction of sp³-hybridized carbons (Fsp3) is 0.647. The number of hydrogen-bond donors (Lipinski definition) is 1. The molecule has 1 aromatic carbocycles. The Kier molecular flexibility index (Phi) is 4.64. The maximum absolute atomic E-state index is 5.84. The van der Waals surface area contributed by atoms with Crippen LogP contribution in [0.2, 0.25) is 0 Å². The lowest BCUT2D eigenvalue weighted by Crippen LogP contribution is -2.42. The van der Waals surface area contributed by atoms with Crippen molar-refractivity contribution in [1.29, 1.82) is 0 Å². The quantitative estimate of drug-likeness (QED) is 0.882. The van der Waals surface area contributed by atoms with E-state index >= 15 is 0 Å². The van der Waals surface area contributed by atoms with Crippen molar-refractivity contribution in [3.05, 3.63) is 34.4 Å². The fourth-order valence-corrected chi connectivity index (χ4v) is 3.06. The topological polar surface area (TPSA) is 29.3 Å². The van der Waals surface area contributed by atoms with Crippen LogP contribution in [0.15, 0.2) is 12.1 Å². The van der Waals surface area contributed by atoms with E-state index < -0.39 is 0 Å². The Labute approximate surface area is 118 Å². The van der Waals surface area contributed by atoms with Crippen molar-refractivity contribution >= 4 is 0 Å². The van der Waals surface area contributed by atoms with Crippen molar-refractivity contribution in [2.75, 3.05) is 20.1 Å². The SMILES string of the molecule is Cc1ccc(CCN(C)CC2CC(N)C2)c(C)c1C. The lowest BCUT2D eigenvalue weighted by Gasteiger charge is -2.35. The monoisotopic (exact) mass is 260 g/mol. The van der Waals surface area contributed by atoms with Gasteiger partial charge >= 0.3 is 0 Å². The Hall–Kier alpha value is -0.860. The van der Waals surface area contributed by atoms with Gasteiger partial charge in [0.1, 0.15) is 0 Å². The molecule has 0 saturated heterocycles. The number of benzene rings is 1. The summed E-state index contributed by atoms with van der Waals surface area (Å²) in [6, 6.07) is 5.02. The van der Waals surface area contributed by atoms with Crippen molar-refractivity contribution in [2.24, 2.45) is 11.7 Å². The zero-order valence-electron chi connectivity index (χ0n) is 12.9. The van der Waals surface area contributed by atoms with Gasteiger partial charge in [-0.1, -0.05) is 12.1 Å².